The number of fused-ring (bicyclic) bond motifs is 7. The van der Waals surface area contributed by atoms with Gasteiger partial charge in [0.25, 0.3) is 0 Å². The molecule has 11 aromatic rings. The third-order valence-corrected chi connectivity index (χ3v) is 29.6. The van der Waals surface area contributed by atoms with Crippen LogP contribution in [-0.4, -0.2) is 17.5 Å². The minimum atomic E-state index is -0.653. The minimum absolute atomic E-state index is 0.0531. The number of ether oxygens (including phenoxy) is 1. The first-order chi connectivity index (χ1) is 46.9. The molecule has 4 atom stereocenters. The molecule has 98 heavy (non-hydrogen) atoms. The Hall–Kier alpha value is -4.32. The third kappa shape index (κ3) is 15.5. The standard InChI is InChI=1S/C83H104F2N4OS8/c1-17-21-29-51(19-3)39-53-31-33-63(91-53)69-57-43-67(95-77(57)70(58-44-68(81(11,12)13)96-78(58)69)64-34-32-54(92-64)40-52(20-4)30-22-18-2)71-60(84)41-55(73-75(71)88-97-86-73)66-46-62-80(94-66)79-59(45-65(93-79)56-42-61(85)72(82(14,15)16)76-74(56)87-98-89-76)83(90-62,37-35-49(9)27-23-25-47(5)6)38-36-50(10)28-24-26-48(7)8/h31-34,41-52H,17-30,35-40H2,1-16H3. The summed E-state index contributed by atoms with van der Waals surface area (Å²) in [6, 6.07) is 22.3. The lowest BCUT2D eigenvalue weighted by atomic mass is 9.78. The van der Waals surface area contributed by atoms with Crippen molar-refractivity contribution in [2.45, 2.75) is 256 Å². The van der Waals surface area contributed by atoms with E-state index in [-0.39, 0.29) is 17.0 Å². The molecule has 9 heterocycles. The van der Waals surface area contributed by atoms with Gasteiger partial charge in [0.15, 0.2) is 0 Å². The number of aromatic nitrogens is 4. The highest BCUT2D eigenvalue weighted by Gasteiger charge is 2.45. The highest BCUT2D eigenvalue weighted by molar-refractivity contribution is 7.26. The van der Waals surface area contributed by atoms with Crippen LogP contribution in [0, 0.1) is 47.1 Å². The van der Waals surface area contributed by atoms with Crippen molar-refractivity contribution in [1.29, 1.82) is 0 Å². The summed E-state index contributed by atoms with van der Waals surface area (Å²) in [5, 5.41) is 2.47. The summed E-state index contributed by atoms with van der Waals surface area (Å²) < 4.78 is 65.5. The van der Waals surface area contributed by atoms with Crippen molar-refractivity contribution < 1.29 is 13.5 Å². The van der Waals surface area contributed by atoms with E-state index in [1.54, 1.807) is 46.1 Å². The molecule has 4 unspecified atom stereocenters. The molecular weight excluding hydrogens is 1360 g/mol. The number of rotatable bonds is 31. The molecule has 1 aliphatic heterocycles. The number of hydrogen-bond donors (Lipinski definition) is 0. The number of thiophene rings is 6. The van der Waals surface area contributed by atoms with Crippen molar-refractivity contribution in [1.82, 2.24) is 17.5 Å². The molecule has 3 aromatic carbocycles. The zero-order chi connectivity index (χ0) is 69.5. The molecule has 0 N–H and O–H groups in total. The van der Waals surface area contributed by atoms with Crippen LogP contribution in [0.4, 0.5) is 8.78 Å². The van der Waals surface area contributed by atoms with Crippen molar-refractivity contribution >= 4 is 134 Å². The maximum Gasteiger partial charge on any atom is 0.140 e. The van der Waals surface area contributed by atoms with Gasteiger partial charge in [-0.2, -0.15) is 17.5 Å². The molecular formula is C83H104F2N4OS8. The Morgan fingerprint density at radius 2 is 0.969 bits per heavy atom. The van der Waals surface area contributed by atoms with Crippen LogP contribution < -0.4 is 4.74 Å². The van der Waals surface area contributed by atoms with Gasteiger partial charge >= 0.3 is 0 Å². The molecule has 8 aromatic heterocycles. The van der Waals surface area contributed by atoms with Gasteiger partial charge in [0.1, 0.15) is 45.1 Å². The molecule has 12 rings (SSSR count). The number of benzene rings is 3. The minimum Gasteiger partial charge on any atom is -0.481 e. The predicted octanol–water partition coefficient (Wildman–Crippen LogP) is 29.8. The van der Waals surface area contributed by atoms with Gasteiger partial charge < -0.3 is 4.74 Å². The molecule has 5 nitrogen and oxygen atoms in total. The Bertz CT molecular complexity index is 4410. The van der Waals surface area contributed by atoms with E-state index in [1.807, 2.05) is 54.8 Å². The summed E-state index contributed by atoms with van der Waals surface area (Å²) in [6.07, 6.45) is 22.9. The number of unbranched alkanes of at least 4 members (excludes halogenated alkanes) is 2. The molecule has 0 spiro atoms. The molecule has 1 aliphatic rings. The van der Waals surface area contributed by atoms with E-state index in [9.17, 15) is 0 Å². The first-order valence-electron chi connectivity index (χ1n) is 37.0. The molecule has 0 aliphatic carbocycles. The van der Waals surface area contributed by atoms with E-state index in [2.05, 4.69) is 139 Å². The van der Waals surface area contributed by atoms with E-state index in [4.69, 9.17) is 22.2 Å². The van der Waals surface area contributed by atoms with Gasteiger partial charge in [-0.15, -0.1) is 68.0 Å². The van der Waals surface area contributed by atoms with Crippen molar-refractivity contribution in [2.24, 2.45) is 35.5 Å². The largest absolute Gasteiger partial charge is 0.481 e. The van der Waals surface area contributed by atoms with Crippen LogP contribution in [0.5, 0.6) is 5.75 Å². The second-order valence-corrected chi connectivity index (χ2v) is 39.5. The molecule has 0 bridgehead atoms. The fraction of sp³-hybridized carbons (Fsp3) is 0.542. The van der Waals surface area contributed by atoms with E-state index in [0.29, 0.717) is 63.2 Å². The summed E-state index contributed by atoms with van der Waals surface area (Å²) in [4.78, 5) is 11.7. The van der Waals surface area contributed by atoms with E-state index in [1.165, 1.54) is 151 Å². The molecule has 0 saturated carbocycles. The fourth-order valence-electron chi connectivity index (χ4n) is 15.1. The fourth-order valence-corrected chi connectivity index (χ4v) is 23.9. The lowest BCUT2D eigenvalue weighted by Crippen LogP contribution is -2.36. The summed E-state index contributed by atoms with van der Waals surface area (Å²) in [6.45, 7) is 36.6. The molecule has 0 amide bonds. The van der Waals surface area contributed by atoms with Crippen LogP contribution in [0.25, 0.3) is 104 Å². The SMILES string of the molecule is CCCCC(CC)Cc1ccc(-c2c3cc(C(C)(C)C)sc3c(-c3ccc(CC(CC)CCCC)s3)c3cc(-c4c(F)cc(-c5cc6c(s5)-c5sc(-c7cc(F)c(C(C)(C)C)c8nsnc78)cc5C(CCC(C)CCCC(C)C)(CCC(C)CCCC(C)C)O6)c5nsnc45)sc23)s1. The van der Waals surface area contributed by atoms with Crippen LogP contribution in [0.1, 0.15) is 252 Å². The van der Waals surface area contributed by atoms with Crippen LogP contribution in [-0.2, 0) is 29.3 Å². The van der Waals surface area contributed by atoms with E-state index >= 15 is 8.78 Å². The maximum atomic E-state index is 18.5. The zero-order valence-corrected chi connectivity index (χ0v) is 67.6. The van der Waals surface area contributed by atoms with Crippen LogP contribution in [0.3, 0.4) is 0 Å². The van der Waals surface area contributed by atoms with Crippen molar-refractivity contribution in [3.05, 3.63) is 98.1 Å². The smallest absolute Gasteiger partial charge is 0.140 e. The molecule has 15 heteroatoms. The molecule has 0 radical (unpaired) electrons. The summed E-state index contributed by atoms with van der Waals surface area (Å²) in [5.74, 6) is 3.93. The lowest BCUT2D eigenvalue weighted by molar-refractivity contribution is 0.0324. The average Bonchev–Trinajstić information content (AvgIpc) is 1.56. The van der Waals surface area contributed by atoms with Crippen molar-refractivity contribution in [2.75, 3.05) is 0 Å². The lowest BCUT2D eigenvalue weighted by Gasteiger charge is -2.39. The van der Waals surface area contributed by atoms with Gasteiger partial charge in [-0.05, 0) is 146 Å². The Morgan fingerprint density at radius 3 is 1.51 bits per heavy atom. The van der Waals surface area contributed by atoms with Gasteiger partial charge in [0.2, 0.25) is 0 Å². The quantitative estimate of drug-likeness (QED) is 0.0433. The van der Waals surface area contributed by atoms with Crippen LogP contribution in [0.2, 0.25) is 0 Å². The second-order valence-electron chi connectivity index (χ2n) is 31.9. The Morgan fingerprint density at radius 1 is 0.459 bits per heavy atom. The maximum absolute atomic E-state index is 18.5. The van der Waals surface area contributed by atoms with Crippen LogP contribution >= 0.6 is 91.5 Å². The van der Waals surface area contributed by atoms with Crippen molar-refractivity contribution in [3.8, 4) is 67.7 Å². The normalized spacial score (nSPS) is 15.8. The Kier molecular flexibility index (Phi) is 23.2. The van der Waals surface area contributed by atoms with Gasteiger partial charge in [-0.25, -0.2) is 8.78 Å². The monoisotopic (exact) mass is 1470 g/mol. The van der Waals surface area contributed by atoms with Crippen molar-refractivity contribution in [3.63, 3.8) is 0 Å². The second kappa shape index (κ2) is 30.9. The number of halogens is 2. The Balaban J connectivity index is 1.01. The molecule has 0 saturated heterocycles. The summed E-state index contributed by atoms with van der Waals surface area (Å²) in [5.41, 5.74) is 7.79. The van der Waals surface area contributed by atoms with Gasteiger partial charge in [-0.3, -0.25) is 0 Å². The predicted molar refractivity (Wildman–Crippen MR) is 431 cm³/mol. The van der Waals surface area contributed by atoms with Gasteiger partial charge in [0.05, 0.1) is 38.8 Å². The summed E-state index contributed by atoms with van der Waals surface area (Å²) >= 11 is 13.3. The highest BCUT2D eigenvalue weighted by atomic mass is 32.1. The zero-order valence-electron chi connectivity index (χ0n) is 61.1. The van der Waals surface area contributed by atoms with E-state index in [0.717, 1.165) is 109 Å². The Labute approximate surface area is 616 Å². The third-order valence-electron chi connectivity index (χ3n) is 21.1. The average molecular weight is 1470 g/mol. The summed E-state index contributed by atoms with van der Waals surface area (Å²) in [7, 11) is 0. The van der Waals surface area contributed by atoms with Crippen LogP contribution in [0.15, 0.2) is 60.7 Å². The van der Waals surface area contributed by atoms with E-state index < -0.39 is 11.0 Å². The molecule has 0 fully saturated rings. The van der Waals surface area contributed by atoms with Gasteiger partial charge in [-0.1, -0.05) is 201 Å². The molecule has 524 valence electrons. The number of nitrogens with zero attached hydrogens (tertiary/aromatic N) is 4. The number of hydrogen-bond acceptors (Lipinski definition) is 13. The topological polar surface area (TPSA) is 60.8 Å². The van der Waals surface area contributed by atoms with Gasteiger partial charge in [0, 0.05) is 92.6 Å². The highest BCUT2D eigenvalue weighted by Crippen LogP contribution is 2.61. The first kappa shape index (κ1) is 73.4. The first-order valence-corrected chi connectivity index (χ1v) is 43.4.